The normalized spacial score (nSPS) is 10.7. The van der Waals surface area contributed by atoms with E-state index in [1.165, 1.54) is 42.3 Å². The molecule has 0 saturated carbocycles. The smallest absolute Gasteiger partial charge is 0.234 e. The number of unbranched alkanes of at least 4 members (excludes halogenated alkanes) is 1. The average Bonchev–Trinajstić information content (AvgIpc) is 3.15. The van der Waals surface area contributed by atoms with E-state index in [4.69, 9.17) is 0 Å². The molecule has 0 atom stereocenters. The second-order valence-corrected chi connectivity index (χ2v) is 7.14. The van der Waals surface area contributed by atoms with Gasteiger partial charge in [0.15, 0.2) is 5.16 Å². The van der Waals surface area contributed by atoms with E-state index < -0.39 is 0 Å². The number of carbonyl (C=O) groups excluding carboxylic acids is 1. The summed E-state index contributed by atoms with van der Waals surface area (Å²) in [6, 6.07) is 14.2. The highest BCUT2D eigenvalue weighted by Crippen LogP contribution is 2.21. The van der Waals surface area contributed by atoms with Crippen LogP contribution in [0.2, 0.25) is 0 Å². The maximum atomic E-state index is 13.1. The summed E-state index contributed by atoms with van der Waals surface area (Å²) in [4.78, 5) is 16.5. The molecule has 1 aromatic heterocycles. The Balaban J connectivity index is 1.55. The molecule has 1 heterocycles. The fourth-order valence-corrected chi connectivity index (χ4v) is 3.43. The Hall–Kier alpha value is -2.60. The fraction of sp³-hybridized carbons (Fsp3) is 0.238. The van der Waals surface area contributed by atoms with E-state index in [2.05, 4.69) is 29.4 Å². The van der Waals surface area contributed by atoms with Gasteiger partial charge in [0, 0.05) is 23.8 Å². The Kier molecular flexibility index (Phi) is 6.65. The molecule has 140 valence electrons. The lowest BCUT2D eigenvalue weighted by molar-refractivity contribution is -0.113. The first-order valence-corrected chi connectivity index (χ1v) is 9.95. The number of nitrogens with zero attached hydrogens (tertiary/aromatic N) is 2. The predicted molar refractivity (Wildman–Crippen MR) is 108 cm³/mol. The van der Waals surface area contributed by atoms with E-state index in [1.54, 1.807) is 24.5 Å². The molecule has 6 heteroatoms. The molecule has 0 fully saturated rings. The minimum absolute atomic E-state index is 0.0880. The van der Waals surface area contributed by atoms with Gasteiger partial charge in [-0.3, -0.25) is 9.36 Å². The van der Waals surface area contributed by atoms with Crippen molar-refractivity contribution in [2.45, 2.75) is 31.3 Å². The Morgan fingerprint density at radius 2 is 1.89 bits per heavy atom. The summed E-state index contributed by atoms with van der Waals surface area (Å²) in [7, 11) is 0. The molecule has 0 saturated heterocycles. The summed E-state index contributed by atoms with van der Waals surface area (Å²) in [6.07, 6.45) is 6.86. The summed E-state index contributed by atoms with van der Waals surface area (Å²) in [6.45, 7) is 2.17. The van der Waals surface area contributed by atoms with Crippen molar-refractivity contribution in [3.8, 4) is 5.69 Å². The van der Waals surface area contributed by atoms with E-state index in [0.29, 0.717) is 5.16 Å². The Bertz CT molecular complexity index is 875. The van der Waals surface area contributed by atoms with E-state index in [9.17, 15) is 9.18 Å². The number of amides is 1. The quantitative estimate of drug-likeness (QED) is 0.552. The first kappa shape index (κ1) is 19.2. The molecular formula is C21H22FN3OS. The lowest BCUT2D eigenvalue weighted by atomic mass is 10.1. The second-order valence-electron chi connectivity index (χ2n) is 6.19. The molecule has 3 aromatic rings. The van der Waals surface area contributed by atoms with Gasteiger partial charge in [-0.05, 0) is 54.8 Å². The highest BCUT2D eigenvalue weighted by Gasteiger charge is 2.09. The van der Waals surface area contributed by atoms with Gasteiger partial charge < -0.3 is 5.32 Å². The van der Waals surface area contributed by atoms with Crippen LogP contribution in [0.5, 0.6) is 0 Å². The van der Waals surface area contributed by atoms with Crippen molar-refractivity contribution >= 4 is 23.4 Å². The number of thioether (sulfide) groups is 1. The van der Waals surface area contributed by atoms with Crippen molar-refractivity contribution in [3.63, 3.8) is 0 Å². The zero-order valence-corrected chi connectivity index (χ0v) is 16.0. The number of halogens is 1. The fourth-order valence-electron chi connectivity index (χ4n) is 2.66. The van der Waals surface area contributed by atoms with Crippen molar-refractivity contribution in [1.29, 1.82) is 0 Å². The summed E-state index contributed by atoms with van der Waals surface area (Å²) >= 11 is 1.34. The molecular weight excluding hydrogens is 361 g/mol. The van der Waals surface area contributed by atoms with Gasteiger partial charge in [0.2, 0.25) is 5.91 Å². The van der Waals surface area contributed by atoms with Crippen LogP contribution in [-0.4, -0.2) is 21.2 Å². The second kappa shape index (κ2) is 9.37. The number of benzene rings is 2. The molecule has 1 N–H and O–H groups in total. The molecule has 0 bridgehead atoms. The molecule has 0 unspecified atom stereocenters. The number of aromatic nitrogens is 2. The number of rotatable bonds is 8. The molecule has 0 radical (unpaired) electrons. The zero-order chi connectivity index (χ0) is 19.1. The maximum Gasteiger partial charge on any atom is 0.234 e. The van der Waals surface area contributed by atoms with Crippen molar-refractivity contribution in [3.05, 3.63) is 72.3 Å². The van der Waals surface area contributed by atoms with Crippen LogP contribution in [0.25, 0.3) is 5.69 Å². The number of nitrogens with one attached hydrogen (secondary N) is 1. The monoisotopic (exact) mass is 383 g/mol. The highest BCUT2D eigenvalue weighted by atomic mass is 32.2. The van der Waals surface area contributed by atoms with E-state index >= 15 is 0 Å². The molecule has 0 spiro atoms. The molecule has 0 aliphatic rings. The van der Waals surface area contributed by atoms with E-state index in [1.807, 2.05) is 16.7 Å². The van der Waals surface area contributed by atoms with Gasteiger partial charge in [-0.25, -0.2) is 9.37 Å². The van der Waals surface area contributed by atoms with Gasteiger partial charge in [0.1, 0.15) is 5.82 Å². The third kappa shape index (κ3) is 5.44. The first-order chi connectivity index (χ1) is 13.2. The predicted octanol–water partition coefficient (Wildman–Crippen LogP) is 5.08. The van der Waals surface area contributed by atoms with E-state index in [-0.39, 0.29) is 17.5 Å². The minimum Gasteiger partial charge on any atom is -0.325 e. The number of aryl methyl sites for hydroxylation is 1. The topological polar surface area (TPSA) is 46.9 Å². The Morgan fingerprint density at radius 3 is 2.59 bits per heavy atom. The van der Waals surface area contributed by atoms with Crippen molar-refractivity contribution < 1.29 is 9.18 Å². The summed E-state index contributed by atoms with van der Waals surface area (Å²) in [5, 5.41) is 3.59. The van der Waals surface area contributed by atoms with Crippen LogP contribution in [-0.2, 0) is 11.2 Å². The first-order valence-electron chi connectivity index (χ1n) is 8.96. The maximum absolute atomic E-state index is 13.1. The summed E-state index contributed by atoms with van der Waals surface area (Å²) < 4.78 is 14.9. The molecule has 0 aliphatic carbocycles. The molecule has 0 aliphatic heterocycles. The van der Waals surface area contributed by atoms with Gasteiger partial charge >= 0.3 is 0 Å². The van der Waals surface area contributed by atoms with Crippen molar-refractivity contribution in [2.24, 2.45) is 0 Å². The highest BCUT2D eigenvalue weighted by molar-refractivity contribution is 7.99. The van der Waals surface area contributed by atoms with Gasteiger partial charge in [0.25, 0.3) is 0 Å². The summed E-state index contributed by atoms with van der Waals surface area (Å²) in [5.74, 6) is -0.126. The number of anilines is 1. The number of hydrogen-bond acceptors (Lipinski definition) is 3. The minimum atomic E-state index is -0.284. The van der Waals surface area contributed by atoms with Gasteiger partial charge in [0.05, 0.1) is 5.75 Å². The SMILES string of the molecule is CCCCc1ccc(NC(=O)CSc2nccn2-c2ccc(F)cc2)cc1. The van der Waals surface area contributed by atoms with Crippen LogP contribution in [0.15, 0.2) is 66.1 Å². The molecule has 2 aromatic carbocycles. The van der Waals surface area contributed by atoms with Crippen molar-refractivity contribution in [2.75, 3.05) is 11.1 Å². The molecule has 4 nitrogen and oxygen atoms in total. The Morgan fingerprint density at radius 1 is 1.15 bits per heavy atom. The molecule has 3 rings (SSSR count). The van der Waals surface area contributed by atoms with E-state index in [0.717, 1.165) is 17.8 Å². The zero-order valence-electron chi connectivity index (χ0n) is 15.2. The summed E-state index contributed by atoms with van der Waals surface area (Å²) in [5.41, 5.74) is 2.88. The lowest BCUT2D eigenvalue weighted by Crippen LogP contribution is -2.14. The molecule has 1 amide bonds. The Labute approximate surface area is 162 Å². The lowest BCUT2D eigenvalue weighted by Gasteiger charge is -2.08. The van der Waals surface area contributed by atoms with Gasteiger partial charge in [-0.1, -0.05) is 37.2 Å². The third-order valence-electron chi connectivity index (χ3n) is 4.10. The number of imidazole rings is 1. The third-order valence-corrected chi connectivity index (χ3v) is 5.07. The molecule has 27 heavy (non-hydrogen) atoms. The van der Waals surface area contributed by atoms with Crippen LogP contribution in [0, 0.1) is 5.82 Å². The van der Waals surface area contributed by atoms with Crippen LogP contribution >= 0.6 is 11.8 Å². The van der Waals surface area contributed by atoms with Crippen LogP contribution in [0.3, 0.4) is 0 Å². The van der Waals surface area contributed by atoms with Crippen LogP contribution in [0.4, 0.5) is 10.1 Å². The number of hydrogen-bond donors (Lipinski definition) is 1. The van der Waals surface area contributed by atoms with Gasteiger partial charge in [-0.15, -0.1) is 0 Å². The van der Waals surface area contributed by atoms with Gasteiger partial charge in [-0.2, -0.15) is 0 Å². The van der Waals surface area contributed by atoms with Crippen molar-refractivity contribution in [1.82, 2.24) is 9.55 Å². The standard InChI is InChI=1S/C21H22FN3OS/c1-2-3-4-16-5-9-18(10-6-16)24-20(26)15-27-21-23-13-14-25(21)19-11-7-17(22)8-12-19/h5-14H,2-4,15H2,1H3,(H,24,26). The van der Waals surface area contributed by atoms with Crippen LogP contribution < -0.4 is 5.32 Å². The number of carbonyl (C=O) groups is 1. The average molecular weight is 383 g/mol. The largest absolute Gasteiger partial charge is 0.325 e. The van der Waals surface area contributed by atoms with Crippen LogP contribution in [0.1, 0.15) is 25.3 Å².